The van der Waals surface area contributed by atoms with Crippen molar-refractivity contribution in [2.75, 3.05) is 4.90 Å². The molecule has 1 unspecified atom stereocenters. The molecule has 0 aliphatic carbocycles. The second kappa shape index (κ2) is 8.05. The number of nitrogens with zero attached hydrogens (tertiary/aromatic N) is 2. The number of hydrogen-bond donors (Lipinski definition) is 1. The molecule has 1 fully saturated rings. The minimum atomic E-state index is -0.832. The first-order chi connectivity index (χ1) is 14.4. The van der Waals surface area contributed by atoms with Gasteiger partial charge in [-0.25, -0.2) is 0 Å². The van der Waals surface area contributed by atoms with E-state index < -0.39 is 17.7 Å². The van der Waals surface area contributed by atoms with Gasteiger partial charge in [-0.2, -0.15) is 0 Å². The van der Waals surface area contributed by atoms with Gasteiger partial charge in [-0.15, -0.1) is 0 Å². The maximum Gasteiger partial charge on any atom is 0.300 e. The van der Waals surface area contributed by atoms with Crippen molar-refractivity contribution in [3.05, 3.63) is 98.7 Å². The Balaban J connectivity index is 1.94. The fourth-order valence-corrected chi connectivity index (χ4v) is 3.89. The molecular formula is C23H16BrClN2O3. The van der Waals surface area contributed by atoms with Gasteiger partial charge >= 0.3 is 0 Å². The lowest BCUT2D eigenvalue weighted by Crippen LogP contribution is -2.29. The predicted octanol–water partition coefficient (Wildman–Crippen LogP) is 5.43. The van der Waals surface area contributed by atoms with Crippen LogP contribution in [-0.4, -0.2) is 21.8 Å². The van der Waals surface area contributed by atoms with Crippen molar-refractivity contribution in [2.45, 2.75) is 13.0 Å². The zero-order valence-electron chi connectivity index (χ0n) is 15.8. The van der Waals surface area contributed by atoms with Gasteiger partial charge in [0.2, 0.25) is 0 Å². The van der Waals surface area contributed by atoms with Gasteiger partial charge in [0.15, 0.2) is 0 Å². The number of Topliss-reactive ketones (excluding diaryl/α,β-unsaturated/α-hetero) is 1. The second-order valence-electron chi connectivity index (χ2n) is 6.90. The Morgan fingerprint density at radius 2 is 1.87 bits per heavy atom. The zero-order chi connectivity index (χ0) is 21.4. The number of rotatable bonds is 3. The van der Waals surface area contributed by atoms with E-state index in [1.807, 2.05) is 6.92 Å². The molecule has 2 heterocycles. The molecule has 1 atom stereocenters. The molecule has 1 N–H and O–H groups in total. The van der Waals surface area contributed by atoms with Gasteiger partial charge in [0, 0.05) is 33.1 Å². The molecule has 7 heteroatoms. The molecule has 0 spiro atoms. The number of aromatic nitrogens is 1. The first kappa shape index (κ1) is 20.3. The number of anilines is 1. The van der Waals surface area contributed by atoms with E-state index in [-0.39, 0.29) is 11.3 Å². The van der Waals surface area contributed by atoms with E-state index >= 15 is 0 Å². The lowest BCUT2D eigenvalue weighted by atomic mass is 9.96. The molecule has 1 aliphatic rings. The predicted molar refractivity (Wildman–Crippen MR) is 119 cm³/mol. The molecule has 2 aromatic carbocycles. The average molecular weight is 484 g/mol. The number of halogens is 2. The number of hydrogen-bond acceptors (Lipinski definition) is 4. The Labute approximate surface area is 186 Å². The molecular weight excluding hydrogens is 468 g/mol. The number of pyridine rings is 1. The average Bonchev–Trinajstić information content (AvgIpc) is 3.01. The van der Waals surface area contributed by atoms with Crippen LogP contribution in [0.3, 0.4) is 0 Å². The Morgan fingerprint density at radius 1 is 1.13 bits per heavy atom. The van der Waals surface area contributed by atoms with Crippen LogP contribution in [0.5, 0.6) is 0 Å². The van der Waals surface area contributed by atoms with Crippen LogP contribution in [0.2, 0.25) is 5.02 Å². The quantitative estimate of drug-likeness (QED) is 0.306. The molecule has 5 nitrogen and oxygen atoms in total. The third kappa shape index (κ3) is 3.53. The summed E-state index contributed by atoms with van der Waals surface area (Å²) in [5.41, 5.74) is 2.37. The lowest BCUT2D eigenvalue weighted by Gasteiger charge is -2.25. The van der Waals surface area contributed by atoms with Crippen LogP contribution in [0, 0.1) is 6.92 Å². The molecule has 0 radical (unpaired) electrons. The highest BCUT2D eigenvalue weighted by molar-refractivity contribution is 9.10. The first-order valence-corrected chi connectivity index (χ1v) is 10.3. The summed E-state index contributed by atoms with van der Waals surface area (Å²) in [5.74, 6) is -1.74. The maximum absolute atomic E-state index is 13.0. The minimum absolute atomic E-state index is 0.00650. The van der Waals surface area contributed by atoms with Crippen molar-refractivity contribution >= 4 is 50.7 Å². The third-order valence-electron chi connectivity index (χ3n) is 5.00. The van der Waals surface area contributed by atoms with Gasteiger partial charge in [-0.05, 0) is 48.4 Å². The van der Waals surface area contributed by atoms with Crippen molar-refractivity contribution in [1.29, 1.82) is 0 Å². The number of benzene rings is 2. The van der Waals surface area contributed by atoms with Crippen molar-refractivity contribution in [3.8, 4) is 0 Å². The van der Waals surface area contributed by atoms with Crippen molar-refractivity contribution < 1.29 is 14.7 Å². The van der Waals surface area contributed by atoms with Gasteiger partial charge < -0.3 is 5.11 Å². The summed E-state index contributed by atoms with van der Waals surface area (Å²) in [4.78, 5) is 31.6. The number of aryl methyl sites for hydroxylation is 1. The number of aliphatic hydroxyl groups is 1. The number of aliphatic hydroxyl groups excluding tert-OH is 1. The summed E-state index contributed by atoms with van der Waals surface area (Å²) >= 11 is 9.63. The molecule has 1 amide bonds. The summed E-state index contributed by atoms with van der Waals surface area (Å²) in [6.07, 6.45) is 3.18. The monoisotopic (exact) mass is 482 g/mol. The van der Waals surface area contributed by atoms with Gasteiger partial charge in [0.25, 0.3) is 11.7 Å². The van der Waals surface area contributed by atoms with Gasteiger partial charge in [-0.3, -0.25) is 19.5 Å². The Bertz CT molecular complexity index is 1180. The number of carbonyl (C=O) groups excluding carboxylic acids is 2. The molecule has 4 rings (SSSR count). The maximum atomic E-state index is 13.0. The van der Waals surface area contributed by atoms with Crippen molar-refractivity contribution in [1.82, 2.24) is 4.98 Å². The van der Waals surface area contributed by atoms with E-state index in [1.54, 1.807) is 67.0 Å². The highest BCUT2D eigenvalue weighted by Crippen LogP contribution is 2.42. The van der Waals surface area contributed by atoms with Crippen LogP contribution in [0.1, 0.15) is 22.7 Å². The van der Waals surface area contributed by atoms with Crippen LogP contribution in [0.4, 0.5) is 5.69 Å². The normalized spacial score (nSPS) is 18.1. The molecule has 150 valence electrons. The minimum Gasteiger partial charge on any atom is -0.507 e. The lowest BCUT2D eigenvalue weighted by molar-refractivity contribution is -0.132. The van der Waals surface area contributed by atoms with Crippen LogP contribution >= 0.6 is 27.5 Å². The van der Waals surface area contributed by atoms with E-state index in [1.165, 1.54) is 4.90 Å². The van der Waals surface area contributed by atoms with E-state index in [2.05, 4.69) is 20.9 Å². The highest BCUT2D eigenvalue weighted by atomic mass is 79.9. The molecule has 1 aliphatic heterocycles. The summed E-state index contributed by atoms with van der Waals surface area (Å²) in [5, 5.41) is 11.5. The number of amides is 1. The van der Waals surface area contributed by atoms with Crippen molar-refractivity contribution in [3.63, 3.8) is 0 Å². The SMILES string of the molecule is Cc1ccc(N2C(=O)C(=O)/C(=C(/O)c3ccc(Br)cc3)C2c2cccnc2)cc1Cl. The van der Waals surface area contributed by atoms with E-state index in [0.717, 1.165) is 10.0 Å². The second-order valence-corrected chi connectivity index (χ2v) is 8.22. The van der Waals surface area contributed by atoms with Crippen LogP contribution in [0.25, 0.3) is 5.76 Å². The Kier molecular flexibility index (Phi) is 5.45. The molecule has 30 heavy (non-hydrogen) atoms. The standard InChI is InChI=1S/C23H16BrClN2O3/c1-13-4-9-17(11-18(13)25)27-20(15-3-2-10-26-12-15)19(22(29)23(27)30)21(28)14-5-7-16(24)8-6-14/h2-12,20,28H,1H3/b21-19+. The van der Waals surface area contributed by atoms with Gasteiger partial charge in [0.1, 0.15) is 5.76 Å². The Morgan fingerprint density at radius 3 is 2.50 bits per heavy atom. The van der Waals surface area contributed by atoms with E-state index in [9.17, 15) is 14.7 Å². The van der Waals surface area contributed by atoms with E-state index in [0.29, 0.717) is 21.8 Å². The highest BCUT2D eigenvalue weighted by Gasteiger charge is 2.47. The molecule has 0 bridgehead atoms. The van der Waals surface area contributed by atoms with Crippen LogP contribution in [0.15, 0.2) is 77.0 Å². The van der Waals surface area contributed by atoms with Crippen LogP contribution in [-0.2, 0) is 9.59 Å². The van der Waals surface area contributed by atoms with E-state index in [4.69, 9.17) is 11.6 Å². The first-order valence-electron chi connectivity index (χ1n) is 9.11. The molecule has 1 aromatic heterocycles. The smallest absolute Gasteiger partial charge is 0.300 e. The van der Waals surface area contributed by atoms with Gasteiger partial charge in [0.05, 0.1) is 11.6 Å². The molecule has 0 saturated carbocycles. The summed E-state index contributed by atoms with van der Waals surface area (Å²) in [7, 11) is 0. The largest absolute Gasteiger partial charge is 0.507 e. The zero-order valence-corrected chi connectivity index (χ0v) is 18.2. The number of ketones is 1. The van der Waals surface area contributed by atoms with Crippen molar-refractivity contribution in [2.24, 2.45) is 0 Å². The molecule has 1 saturated heterocycles. The fourth-order valence-electron chi connectivity index (χ4n) is 3.45. The third-order valence-corrected chi connectivity index (χ3v) is 5.93. The summed E-state index contributed by atoms with van der Waals surface area (Å²) < 4.78 is 0.831. The number of carbonyl (C=O) groups is 2. The fraction of sp³-hybridized carbons (Fsp3) is 0.0870. The van der Waals surface area contributed by atoms with Gasteiger partial charge in [-0.1, -0.05) is 51.8 Å². The van der Waals surface area contributed by atoms with Crippen LogP contribution < -0.4 is 4.90 Å². The summed E-state index contributed by atoms with van der Waals surface area (Å²) in [6, 6.07) is 14.7. The Hall–Kier alpha value is -2.96. The molecule has 3 aromatic rings. The topological polar surface area (TPSA) is 70.5 Å². The summed E-state index contributed by atoms with van der Waals surface area (Å²) in [6.45, 7) is 1.85.